The van der Waals surface area contributed by atoms with E-state index in [0.717, 1.165) is 18.0 Å². The fraction of sp³-hybridized carbons (Fsp3) is 0.176. The van der Waals surface area contributed by atoms with Crippen LogP contribution in [0.25, 0.3) is 0 Å². The zero-order valence-electron chi connectivity index (χ0n) is 10.7. The highest BCUT2D eigenvalue weighted by atomic mass is 35.5. The first-order valence-corrected chi connectivity index (χ1v) is 6.85. The Labute approximate surface area is 119 Å². The highest BCUT2D eigenvalue weighted by molar-refractivity contribution is 6.30. The van der Waals surface area contributed by atoms with Gasteiger partial charge in [-0.05, 0) is 36.2 Å². The van der Waals surface area contributed by atoms with Gasteiger partial charge in [0.15, 0.2) is 0 Å². The molecule has 1 aliphatic rings. The Bertz CT molecular complexity index is 574. The lowest BCUT2D eigenvalue weighted by atomic mass is 10.0. The number of hydrogen-bond donors (Lipinski definition) is 0. The average molecular weight is 270 g/mol. The Balaban J connectivity index is 1.95. The maximum absolute atomic E-state index is 5.96. The summed E-state index contributed by atoms with van der Waals surface area (Å²) in [5.41, 5.74) is 3.83. The molecule has 0 saturated carbocycles. The first kappa shape index (κ1) is 12.3. The van der Waals surface area contributed by atoms with E-state index in [-0.39, 0.29) is 0 Å². The molecule has 1 saturated heterocycles. The van der Waals surface area contributed by atoms with Crippen molar-refractivity contribution < 1.29 is 0 Å². The minimum atomic E-state index is 0.384. The van der Waals surface area contributed by atoms with Crippen LogP contribution in [-0.2, 0) is 0 Å². The first-order valence-electron chi connectivity index (χ1n) is 6.48. The van der Waals surface area contributed by atoms with Crippen LogP contribution in [0.1, 0.15) is 18.0 Å². The van der Waals surface area contributed by atoms with Gasteiger partial charge in [-0.15, -0.1) is 0 Å². The fourth-order valence-corrected chi connectivity index (χ4v) is 2.80. The summed E-state index contributed by atoms with van der Waals surface area (Å²) in [6.45, 7) is 5.07. The van der Waals surface area contributed by atoms with E-state index in [2.05, 4.69) is 53.9 Å². The van der Waals surface area contributed by atoms with Gasteiger partial charge >= 0.3 is 0 Å². The van der Waals surface area contributed by atoms with Crippen molar-refractivity contribution in [1.29, 1.82) is 0 Å². The molecule has 0 amide bonds. The largest absolute Gasteiger partial charge is 0.360 e. The summed E-state index contributed by atoms with van der Waals surface area (Å²) in [6.07, 6.45) is 1.02. The number of rotatable bonds is 2. The number of halogens is 1. The lowest BCUT2D eigenvalue weighted by Gasteiger charge is -2.26. The van der Waals surface area contributed by atoms with E-state index in [0.29, 0.717) is 6.04 Å². The van der Waals surface area contributed by atoms with Gasteiger partial charge in [0.05, 0.1) is 6.04 Å². The van der Waals surface area contributed by atoms with Crippen molar-refractivity contribution in [1.82, 2.24) is 0 Å². The second-order valence-corrected chi connectivity index (χ2v) is 5.42. The summed E-state index contributed by atoms with van der Waals surface area (Å²) in [5.74, 6) is 0. The Morgan fingerprint density at radius 1 is 1.00 bits per heavy atom. The molecular formula is C17H16ClN. The highest BCUT2D eigenvalue weighted by Crippen LogP contribution is 2.38. The van der Waals surface area contributed by atoms with Crippen LogP contribution in [0.3, 0.4) is 0 Å². The minimum absolute atomic E-state index is 0.384. The molecule has 2 heteroatoms. The molecule has 0 radical (unpaired) electrons. The van der Waals surface area contributed by atoms with Crippen LogP contribution in [0, 0.1) is 0 Å². The fourth-order valence-electron chi connectivity index (χ4n) is 2.68. The van der Waals surface area contributed by atoms with Crippen molar-refractivity contribution in [3.05, 3.63) is 77.3 Å². The third-order valence-electron chi connectivity index (χ3n) is 3.59. The van der Waals surface area contributed by atoms with Gasteiger partial charge in [-0.3, -0.25) is 0 Å². The smallest absolute Gasteiger partial charge is 0.0583 e. The second kappa shape index (κ2) is 5.10. The molecule has 0 aromatic heterocycles. The molecule has 1 unspecified atom stereocenters. The SMILES string of the molecule is C=C1CC(c2ccccc2)N(c2ccc(Cl)cc2)C1. The lowest BCUT2D eigenvalue weighted by Crippen LogP contribution is -2.22. The van der Waals surface area contributed by atoms with E-state index >= 15 is 0 Å². The van der Waals surface area contributed by atoms with Crippen LogP contribution in [0.5, 0.6) is 0 Å². The van der Waals surface area contributed by atoms with E-state index < -0.39 is 0 Å². The first-order chi connectivity index (χ1) is 9.24. The third kappa shape index (κ3) is 2.52. The van der Waals surface area contributed by atoms with Gasteiger partial charge < -0.3 is 4.90 Å². The van der Waals surface area contributed by atoms with Gasteiger partial charge in [0.1, 0.15) is 0 Å². The lowest BCUT2D eigenvalue weighted by molar-refractivity contribution is 0.732. The molecule has 1 fully saturated rings. The summed E-state index contributed by atoms with van der Waals surface area (Å²) in [7, 11) is 0. The van der Waals surface area contributed by atoms with Crippen LogP contribution in [0.15, 0.2) is 66.7 Å². The summed E-state index contributed by atoms with van der Waals surface area (Å²) in [6, 6.07) is 19.0. The number of nitrogens with zero attached hydrogens (tertiary/aromatic N) is 1. The Morgan fingerprint density at radius 2 is 1.68 bits per heavy atom. The van der Waals surface area contributed by atoms with Gasteiger partial charge in [0.2, 0.25) is 0 Å². The summed E-state index contributed by atoms with van der Waals surface area (Å²) in [4.78, 5) is 2.40. The van der Waals surface area contributed by atoms with Crippen LogP contribution in [-0.4, -0.2) is 6.54 Å². The molecule has 1 atom stereocenters. The Hall–Kier alpha value is -1.73. The molecule has 0 bridgehead atoms. The van der Waals surface area contributed by atoms with Crippen molar-refractivity contribution in [2.75, 3.05) is 11.4 Å². The van der Waals surface area contributed by atoms with Crippen molar-refractivity contribution in [3.63, 3.8) is 0 Å². The predicted molar refractivity (Wildman–Crippen MR) is 81.7 cm³/mol. The van der Waals surface area contributed by atoms with Gasteiger partial charge in [-0.1, -0.05) is 54.1 Å². The second-order valence-electron chi connectivity index (χ2n) is 4.98. The van der Waals surface area contributed by atoms with Crippen molar-refractivity contribution in [3.8, 4) is 0 Å². The standard InChI is InChI=1S/C17H16ClN/c1-13-11-17(14-5-3-2-4-6-14)19(12-13)16-9-7-15(18)8-10-16/h2-10,17H,1,11-12H2. The van der Waals surface area contributed by atoms with E-state index in [1.807, 2.05) is 12.1 Å². The molecule has 1 heterocycles. The maximum Gasteiger partial charge on any atom is 0.0583 e. The van der Waals surface area contributed by atoms with E-state index in [1.165, 1.54) is 16.8 Å². The molecule has 2 aromatic carbocycles. The van der Waals surface area contributed by atoms with E-state index in [1.54, 1.807) is 0 Å². The van der Waals surface area contributed by atoms with Gasteiger partial charge in [0.25, 0.3) is 0 Å². The van der Waals surface area contributed by atoms with E-state index in [4.69, 9.17) is 11.6 Å². The minimum Gasteiger partial charge on any atom is -0.360 e. The number of anilines is 1. The summed E-state index contributed by atoms with van der Waals surface area (Å²) in [5, 5.41) is 0.776. The summed E-state index contributed by atoms with van der Waals surface area (Å²) < 4.78 is 0. The Morgan fingerprint density at radius 3 is 2.37 bits per heavy atom. The molecule has 96 valence electrons. The van der Waals surface area contributed by atoms with Crippen LogP contribution in [0.4, 0.5) is 5.69 Å². The molecule has 3 rings (SSSR count). The summed E-state index contributed by atoms with van der Waals surface area (Å²) >= 11 is 5.96. The number of benzene rings is 2. The Kier molecular flexibility index (Phi) is 3.31. The predicted octanol–water partition coefficient (Wildman–Crippen LogP) is 4.85. The maximum atomic E-state index is 5.96. The van der Waals surface area contributed by atoms with Crippen molar-refractivity contribution >= 4 is 17.3 Å². The average Bonchev–Trinajstić information content (AvgIpc) is 2.83. The van der Waals surface area contributed by atoms with Crippen LogP contribution in [0.2, 0.25) is 5.02 Å². The van der Waals surface area contributed by atoms with Crippen LogP contribution < -0.4 is 4.90 Å². The molecular weight excluding hydrogens is 254 g/mol. The highest BCUT2D eigenvalue weighted by Gasteiger charge is 2.28. The van der Waals surface area contributed by atoms with Crippen LogP contribution >= 0.6 is 11.6 Å². The zero-order chi connectivity index (χ0) is 13.2. The van der Waals surface area contributed by atoms with Crippen molar-refractivity contribution in [2.45, 2.75) is 12.5 Å². The zero-order valence-corrected chi connectivity index (χ0v) is 11.5. The molecule has 2 aromatic rings. The quantitative estimate of drug-likeness (QED) is 0.705. The molecule has 1 aliphatic heterocycles. The van der Waals surface area contributed by atoms with E-state index in [9.17, 15) is 0 Å². The monoisotopic (exact) mass is 269 g/mol. The van der Waals surface area contributed by atoms with Crippen molar-refractivity contribution in [2.24, 2.45) is 0 Å². The molecule has 19 heavy (non-hydrogen) atoms. The third-order valence-corrected chi connectivity index (χ3v) is 3.85. The number of hydrogen-bond acceptors (Lipinski definition) is 1. The molecule has 0 aliphatic carbocycles. The van der Waals surface area contributed by atoms with Gasteiger partial charge in [0, 0.05) is 17.3 Å². The molecule has 1 nitrogen and oxygen atoms in total. The van der Waals surface area contributed by atoms with Gasteiger partial charge in [-0.2, -0.15) is 0 Å². The molecule has 0 N–H and O–H groups in total. The topological polar surface area (TPSA) is 3.24 Å². The molecule has 0 spiro atoms. The van der Waals surface area contributed by atoms with Gasteiger partial charge in [-0.25, -0.2) is 0 Å². The normalized spacial score (nSPS) is 18.9.